The first-order chi connectivity index (χ1) is 12.7. The molecular formula is C20H20N2O4. The van der Waals surface area contributed by atoms with Crippen molar-refractivity contribution in [3.63, 3.8) is 0 Å². The summed E-state index contributed by atoms with van der Waals surface area (Å²) in [7, 11) is 0. The zero-order chi connectivity index (χ0) is 17.9. The van der Waals surface area contributed by atoms with Gasteiger partial charge in [0.05, 0.1) is 0 Å². The first-order valence-electron chi connectivity index (χ1n) is 8.78. The van der Waals surface area contributed by atoms with Crippen molar-refractivity contribution in [3.05, 3.63) is 53.1 Å². The molecule has 0 aromatic heterocycles. The lowest BCUT2D eigenvalue weighted by Gasteiger charge is -2.19. The highest BCUT2D eigenvalue weighted by atomic mass is 16.6. The average Bonchev–Trinajstić information content (AvgIpc) is 2.67. The van der Waals surface area contributed by atoms with Crippen LogP contribution < -0.4 is 20.1 Å². The highest BCUT2D eigenvalue weighted by Crippen LogP contribution is 2.30. The fourth-order valence-electron chi connectivity index (χ4n) is 3.19. The van der Waals surface area contributed by atoms with Crippen LogP contribution >= 0.6 is 0 Å². The van der Waals surface area contributed by atoms with Crippen LogP contribution in [0.2, 0.25) is 0 Å². The van der Waals surface area contributed by atoms with E-state index in [0.717, 1.165) is 28.3 Å². The molecule has 0 spiro atoms. The van der Waals surface area contributed by atoms with Gasteiger partial charge >= 0.3 is 0 Å². The molecule has 2 heterocycles. The number of hydrogen-bond donors (Lipinski definition) is 2. The van der Waals surface area contributed by atoms with Crippen LogP contribution in [-0.4, -0.2) is 31.6 Å². The SMILES string of the molecule is O=C1CCc2cc(C(=O)NCCc3ccc4c(c3)OCCO4)ccc2N1. The Kier molecular flexibility index (Phi) is 4.48. The summed E-state index contributed by atoms with van der Waals surface area (Å²) in [6.45, 7) is 1.67. The average molecular weight is 352 g/mol. The number of fused-ring (bicyclic) bond motifs is 2. The Morgan fingerprint density at radius 1 is 1.04 bits per heavy atom. The normalized spacial score (nSPS) is 15.0. The van der Waals surface area contributed by atoms with E-state index in [1.54, 1.807) is 12.1 Å². The summed E-state index contributed by atoms with van der Waals surface area (Å²) in [6.07, 6.45) is 1.84. The zero-order valence-corrected chi connectivity index (χ0v) is 14.3. The zero-order valence-electron chi connectivity index (χ0n) is 14.3. The number of carbonyl (C=O) groups excluding carboxylic acids is 2. The first kappa shape index (κ1) is 16.4. The molecule has 2 aromatic rings. The summed E-state index contributed by atoms with van der Waals surface area (Å²) in [6, 6.07) is 11.2. The van der Waals surface area contributed by atoms with E-state index in [2.05, 4.69) is 10.6 Å². The summed E-state index contributed by atoms with van der Waals surface area (Å²) < 4.78 is 11.1. The van der Waals surface area contributed by atoms with Gasteiger partial charge in [-0.15, -0.1) is 0 Å². The molecule has 2 aliphatic heterocycles. The molecule has 0 radical (unpaired) electrons. The minimum absolute atomic E-state index is 0.0223. The number of hydrogen-bond acceptors (Lipinski definition) is 4. The minimum Gasteiger partial charge on any atom is -0.486 e. The number of anilines is 1. The molecule has 0 saturated carbocycles. The summed E-state index contributed by atoms with van der Waals surface area (Å²) in [5.41, 5.74) is 3.50. The molecule has 2 aromatic carbocycles. The third kappa shape index (κ3) is 3.49. The van der Waals surface area contributed by atoms with E-state index in [0.29, 0.717) is 44.6 Å². The van der Waals surface area contributed by atoms with Gasteiger partial charge in [0, 0.05) is 24.2 Å². The Hall–Kier alpha value is -3.02. The van der Waals surface area contributed by atoms with E-state index in [-0.39, 0.29) is 11.8 Å². The van der Waals surface area contributed by atoms with Crippen LogP contribution in [0, 0.1) is 0 Å². The Bertz CT molecular complexity index is 863. The van der Waals surface area contributed by atoms with Gasteiger partial charge in [-0.2, -0.15) is 0 Å². The van der Waals surface area contributed by atoms with Crippen molar-refractivity contribution in [1.82, 2.24) is 5.32 Å². The lowest BCUT2D eigenvalue weighted by Crippen LogP contribution is -2.26. The van der Waals surface area contributed by atoms with Crippen molar-refractivity contribution in [2.45, 2.75) is 19.3 Å². The molecular weight excluding hydrogens is 332 g/mol. The number of nitrogens with one attached hydrogen (secondary N) is 2. The Balaban J connectivity index is 1.35. The van der Waals surface area contributed by atoms with Crippen LogP contribution in [0.25, 0.3) is 0 Å². The predicted molar refractivity (Wildman–Crippen MR) is 96.9 cm³/mol. The van der Waals surface area contributed by atoms with E-state index in [1.165, 1.54) is 0 Å². The molecule has 0 atom stereocenters. The summed E-state index contributed by atoms with van der Waals surface area (Å²) in [4.78, 5) is 23.8. The summed E-state index contributed by atoms with van der Waals surface area (Å²) >= 11 is 0. The number of aryl methyl sites for hydroxylation is 1. The van der Waals surface area contributed by atoms with Gasteiger partial charge in [-0.25, -0.2) is 0 Å². The van der Waals surface area contributed by atoms with Gasteiger partial charge in [-0.1, -0.05) is 6.07 Å². The fourth-order valence-corrected chi connectivity index (χ4v) is 3.19. The molecule has 2 N–H and O–H groups in total. The van der Waals surface area contributed by atoms with Crippen LogP contribution in [0.5, 0.6) is 11.5 Å². The predicted octanol–water partition coefficient (Wildman–Crippen LogP) is 2.31. The molecule has 2 aliphatic rings. The van der Waals surface area contributed by atoms with Crippen molar-refractivity contribution >= 4 is 17.5 Å². The van der Waals surface area contributed by atoms with E-state index < -0.39 is 0 Å². The minimum atomic E-state index is -0.109. The Morgan fingerprint density at radius 2 is 1.88 bits per heavy atom. The second-order valence-electron chi connectivity index (χ2n) is 6.40. The van der Waals surface area contributed by atoms with Crippen molar-refractivity contribution in [3.8, 4) is 11.5 Å². The molecule has 26 heavy (non-hydrogen) atoms. The van der Waals surface area contributed by atoms with E-state index >= 15 is 0 Å². The van der Waals surface area contributed by atoms with Crippen LogP contribution in [0.15, 0.2) is 36.4 Å². The molecule has 0 bridgehead atoms. The molecule has 6 nitrogen and oxygen atoms in total. The lowest BCUT2D eigenvalue weighted by atomic mass is 10.00. The number of ether oxygens (including phenoxy) is 2. The summed E-state index contributed by atoms with van der Waals surface area (Å²) in [5.74, 6) is 1.44. The second kappa shape index (κ2) is 7.07. The van der Waals surface area contributed by atoms with E-state index in [1.807, 2.05) is 24.3 Å². The van der Waals surface area contributed by atoms with Crippen molar-refractivity contribution in [1.29, 1.82) is 0 Å². The van der Waals surface area contributed by atoms with Gasteiger partial charge in [0.25, 0.3) is 5.91 Å². The van der Waals surface area contributed by atoms with Gasteiger partial charge in [-0.05, 0) is 54.3 Å². The number of carbonyl (C=O) groups is 2. The molecule has 0 fully saturated rings. The molecule has 4 rings (SSSR count). The van der Waals surface area contributed by atoms with Crippen LogP contribution in [-0.2, 0) is 17.6 Å². The smallest absolute Gasteiger partial charge is 0.251 e. The Morgan fingerprint density at radius 3 is 2.77 bits per heavy atom. The maximum absolute atomic E-state index is 12.4. The Labute approximate surface area is 151 Å². The first-order valence-corrected chi connectivity index (χ1v) is 8.78. The van der Waals surface area contributed by atoms with Crippen molar-refractivity contribution < 1.29 is 19.1 Å². The highest BCUT2D eigenvalue weighted by molar-refractivity contribution is 5.97. The third-order valence-corrected chi connectivity index (χ3v) is 4.57. The second-order valence-corrected chi connectivity index (χ2v) is 6.40. The highest BCUT2D eigenvalue weighted by Gasteiger charge is 2.17. The molecule has 0 unspecified atom stereocenters. The maximum atomic E-state index is 12.4. The number of rotatable bonds is 4. The largest absolute Gasteiger partial charge is 0.486 e. The number of benzene rings is 2. The third-order valence-electron chi connectivity index (χ3n) is 4.57. The van der Waals surface area contributed by atoms with Gasteiger partial charge in [0.2, 0.25) is 5.91 Å². The monoisotopic (exact) mass is 352 g/mol. The van der Waals surface area contributed by atoms with Crippen LogP contribution in [0.3, 0.4) is 0 Å². The standard InChI is InChI=1S/C20H20N2O4/c23-19-6-3-14-12-15(2-4-16(14)22-19)20(24)21-8-7-13-1-5-17-18(11-13)26-10-9-25-17/h1-2,4-5,11-12H,3,6-10H2,(H,21,24)(H,22,23). The number of amides is 2. The molecule has 134 valence electrons. The van der Waals surface area contributed by atoms with Crippen molar-refractivity contribution in [2.75, 3.05) is 25.1 Å². The molecule has 0 aliphatic carbocycles. The van der Waals surface area contributed by atoms with E-state index in [4.69, 9.17) is 9.47 Å². The van der Waals surface area contributed by atoms with E-state index in [9.17, 15) is 9.59 Å². The van der Waals surface area contributed by atoms with Gasteiger partial charge in [0.1, 0.15) is 13.2 Å². The maximum Gasteiger partial charge on any atom is 0.251 e. The molecule has 6 heteroatoms. The molecule has 0 saturated heterocycles. The van der Waals surface area contributed by atoms with Crippen LogP contribution in [0.1, 0.15) is 27.9 Å². The van der Waals surface area contributed by atoms with Crippen molar-refractivity contribution in [2.24, 2.45) is 0 Å². The topological polar surface area (TPSA) is 76.7 Å². The summed E-state index contributed by atoms with van der Waals surface area (Å²) in [5, 5.41) is 5.77. The van der Waals surface area contributed by atoms with Gasteiger partial charge in [0.15, 0.2) is 11.5 Å². The van der Waals surface area contributed by atoms with Crippen LogP contribution in [0.4, 0.5) is 5.69 Å². The van der Waals surface area contributed by atoms with Gasteiger partial charge < -0.3 is 20.1 Å². The quantitative estimate of drug-likeness (QED) is 0.885. The molecule has 2 amide bonds. The fraction of sp³-hybridized carbons (Fsp3) is 0.300. The lowest BCUT2D eigenvalue weighted by molar-refractivity contribution is -0.116. The van der Waals surface area contributed by atoms with Gasteiger partial charge in [-0.3, -0.25) is 9.59 Å².